The lowest BCUT2D eigenvalue weighted by Crippen LogP contribution is -2.42. The monoisotopic (exact) mass is 203 g/mol. The summed E-state index contributed by atoms with van der Waals surface area (Å²) < 4.78 is 5.06. The first-order chi connectivity index (χ1) is 6.34. The Hall–Kier alpha value is -0.610. The summed E-state index contributed by atoms with van der Waals surface area (Å²) in [5.74, 6) is -0.0614. The van der Waals surface area contributed by atoms with Crippen LogP contribution in [-0.2, 0) is 9.53 Å². The van der Waals surface area contributed by atoms with E-state index in [4.69, 9.17) is 15.6 Å². The fourth-order valence-electron chi connectivity index (χ4n) is 1.19. The van der Waals surface area contributed by atoms with Crippen LogP contribution in [0.2, 0.25) is 0 Å². The average Bonchev–Trinajstić information content (AvgIpc) is 2.00. The minimum Gasteiger partial charge on any atom is -0.461 e. The van der Waals surface area contributed by atoms with Crippen LogP contribution in [-0.4, -0.2) is 29.3 Å². The zero-order valence-electron chi connectivity index (χ0n) is 9.36. The number of ether oxygens (including phenoxy) is 1. The van der Waals surface area contributed by atoms with Crippen molar-refractivity contribution in [2.75, 3.05) is 0 Å². The molecule has 0 radical (unpaired) electrons. The molecule has 4 heteroatoms. The maximum absolute atomic E-state index is 11.3. The molecule has 0 aliphatic heterocycles. The first kappa shape index (κ1) is 13.4. The highest BCUT2D eigenvalue weighted by atomic mass is 16.5. The molecule has 84 valence electrons. The van der Waals surface area contributed by atoms with Crippen LogP contribution in [0.3, 0.4) is 0 Å². The van der Waals surface area contributed by atoms with Crippen molar-refractivity contribution >= 4 is 5.97 Å². The first-order valence-corrected chi connectivity index (χ1v) is 4.98. The maximum atomic E-state index is 11.3. The van der Waals surface area contributed by atoms with Gasteiger partial charge in [-0.05, 0) is 26.2 Å². The molecule has 0 fully saturated rings. The van der Waals surface area contributed by atoms with Crippen molar-refractivity contribution in [1.29, 1.82) is 0 Å². The summed E-state index contributed by atoms with van der Waals surface area (Å²) in [7, 11) is 0. The van der Waals surface area contributed by atoms with Crippen LogP contribution >= 0.6 is 0 Å². The SMILES string of the molecule is CC(C)CC(C)OC(=O)C(N)C(C)O. The van der Waals surface area contributed by atoms with Gasteiger partial charge in [0.15, 0.2) is 0 Å². The molecule has 0 aromatic carbocycles. The number of rotatable bonds is 5. The van der Waals surface area contributed by atoms with E-state index in [1.807, 2.05) is 6.92 Å². The molecule has 3 unspecified atom stereocenters. The summed E-state index contributed by atoms with van der Waals surface area (Å²) in [6.07, 6.45) is -0.209. The van der Waals surface area contributed by atoms with Crippen molar-refractivity contribution < 1.29 is 14.6 Å². The van der Waals surface area contributed by atoms with Crippen molar-refractivity contribution in [2.45, 2.75) is 52.4 Å². The quantitative estimate of drug-likeness (QED) is 0.644. The summed E-state index contributed by atoms with van der Waals surface area (Å²) in [6, 6.07) is -0.940. The predicted molar refractivity (Wildman–Crippen MR) is 54.7 cm³/mol. The second kappa shape index (κ2) is 5.98. The Labute approximate surface area is 85.4 Å². The highest BCUT2D eigenvalue weighted by Gasteiger charge is 2.22. The lowest BCUT2D eigenvalue weighted by Gasteiger charge is -2.19. The van der Waals surface area contributed by atoms with Crippen molar-refractivity contribution in [1.82, 2.24) is 0 Å². The molecule has 14 heavy (non-hydrogen) atoms. The summed E-state index contributed by atoms with van der Waals surface area (Å²) in [5, 5.41) is 9.06. The molecular formula is C10H21NO3. The third kappa shape index (κ3) is 5.19. The minimum atomic E-state index is -0.940. The van der Waals surface area contributed by atoms with Gasteiger partial charge in [-0.3, -0.25) is 4.79 Å². The van der Waals surface area contributed by atoms with Gasteiger partial charge in [0, 0.05) is 0 Å². The first-order valence-electron chi connectivity index (χ1n) is 4.98. The van der Waals surface area contributed by atoms with E-state index in [0.29, 0.717) is 5.92 Å². The van der Waals surface area contributed by atoms with Gasteiger partial charge in [0.1, 0.15) is 6.04 Å². The Balaban J connectivity index is 3.93. The number of carbonyl (C=O) groups excluding carboxylic acids is 1. The Kier molecular flexibility index (Phi) is 5.72. The van der Waals surface area contributed by atoms with Gasteiger partial charge in [0.2, 0.25) is 0 Å². The number of carbonyl (C=O) groups is 1. The van der Waals surface area contributed by atoms with Crippen molar-refractivity contribution in [3.63, 3.8) is 0 Å². The van der Waals surface area contributed by atoms with E-state index in [9.17, 15) is 4.79 Å². The number of aliphatic hydroxyl groups is 1. The molecular weight excluding hydrogens is 182 g/mol. The third-order valence-electron chi connectivity index (χ3n) is 1.91. The van der Waals surface area contributed by atoms with Crippen LogP contribution in [0.5, 0.6) is 0 Å². The molecule has 0 bridgehead atoms. The molecule has 4 nitrogen and oxygen atoms in total. The Morgan fingerprint density at radius 1 is 1.36 bits per heavy atom. The molecule has 0 saturated heterocycles. The lowest BCUT2D eigenvalue weighted by molar-refractivity contribution is -0.152. The number of esters is 1. The van der Waals surface area contributed by atoms with Crippen molar-refractivity contribution in [2.24, 2.45) is 11.7 Å². The van der Waals surface area contributed by atoms with Gasteiger partial charge in [0.25, 0.3) is 0 Å². The molecule has 0 heterocycles. The van der Waals surface area contributed by atoms with Crippen LogP contribution in [0.4, 0.5) is 0 Å². The molecule has 3 atom stereocenters. The van der Waals surface area contributed by atoms with Crippen LogP contribution in [0.15, 0.2) is 0 Å². The van der Waals surface area contributed by atoms with E-state index in [1.54, 1.807) is 0 Å². The van der Waals surface area contributed by atoms with Gasteiger partial charge >= 0.3 is 5.97 Å². The van der Waals surface area contributed by atoms with Gasteiger partial charge in [-0.25, -0.2) is 0 Å². The molecule has 0 spiro atoms. The molecule has 0 rings (SSSR count). The van der Waals surface area contributed by atoms with E-state index in [-0.39, 0.29) is 6.10 Å². The topological polar surface area (TPSA) is 72.5 Å². The van der Waals surface area contributed by atoms with Gasteiger partial charge in [-0.1, -0.05) is 13.8 Å². The minimum absolute atomic E-state index is 0.146. The molecule has 0 aromatic rings. The second-order valence-corrected chi connectivity index (χ2v) is 4.14. The van der Waals surface area contributed by atoms with Gasteiger partial charge in [-0.2, -0.15) is 0 Å². The van der Waals surface area contributed by atoms with Crippen molar-refractivity contribution in [3.8, 4) is 0 Å². The molecule has 0 aromatic heterocycles. The maximum Gasteiger partial charge on any atom is 0.325 e. The second-order valence-electron chi connectivity index (χ2n) is 4.14. The fourth-order valence-corrected chi connectivity index (χ4v) is 1.19. The zero-order valence-corrected chi connectivity index (χ0v) is 9.36. The molecule has 0 amide bonds. The Morgan fingerprint density at radius 2 is 1.86 bits per heavy atom. The lowest BCUT2D eigenvalue weighted by atomic mass is 10.1. The summed E-state index contributed by atoms with van der Waals surface area (Å²) in [4.78, 5) is 11.3. The number of aliphatic hydroxyl groups excluding tert-OH is 1. The smallest absolute Gasteiger partial charge is 0.325 e. The zero-order chi connectivity index (χ0) is 11.3. The van der Waals surface area contributed by atoms with E-state index in [2.05, 4.69) is 13.8 Å². The molecule has 3 N–H and O–H groups in total. The summed E-state index contributed by atoms with van der Waals surface area (Å²) in [5.41, 5.74) is 5.41. The van der Waals surface area contributed by atoms with Gasteiger partial charge in [-0.15, -0.1) is 0 Å². The van der Waals surface area contributed by atoms with Crippen molar-refractivity contribution in [3.05, 3.63) is 0 Å². The molecule has 0 aliphatic carbocycles. The van der Waals surface area contributed by atoms with Gasteiger partial charge in [0.05, 0.1) is 12.2 Å². The normalized spacial score (nSPS) is 17.6. The average molecular weight is 203 g/mol. The highest BCUT2D eigenvalue weighted by Crippen LogP contribution is 2.08. The summed E-state index contributed by atoms with van der Waals surface area (Å²) >= 11 is 0. The number of hydrogen-bond donors (Lipinski definition) is 2. The van der Waals surface area contributed by atoms with Gasteiger partial charge < -0.3 is 15.6 Å². The summed E-state index contributed by atoms with van der Waals surface area (Å²) in [6.45, 7) is 7.41. The third-order valence-corrected chi connectivity index (χ3v) is 1.91. The Bertz CT molecular complexity index is 180. The molecule has 0 saturated carbocycles. The van der Waals surface area contributed by atoms with E-state index < -0.39 is 18.1 Å². The van der Waals surface area contributed by atoms with E-state index in [0.717, 1.165) is 6.42 Å². The standard InChI is InChI=1S/C10H21NO3/c1-6(2)5-7(3)14-10(13)9(11)8(4)12/h6-9,12H,5,11H2,1-4H3. The predicted octanol–water partition coefficient (Wildman–Crippen LogP) is 0.672. The van der Waals surface area contributed by atoms with E-state index in [1.165, 1.54) is 6.92 Å². The van der Waals surface area contributed by atoms with E-state index >= 15 is 0 Å². The number of hydrogen-bond acceptors (Lipinski definition) is 4. The van der Waals surface area contributed by atoms with Crippen LogP contribution in [0.25, 0.3) is 0 Å². The number of nitrogens with two attached hydrogens (primary N) is 1. The van der Waals surface area contributed by atoms with Crippen LogP contribution in [0.1, 0.15) is 34.1 Å². The molecule has 0 aliphatic rings. The van der Waals surface area contributed by atoms with Crippen LogP contribution in [0, 0.1) is 5.92 Å². The Morgan fingerprint density at radius 3 is 2.21 bits per heavy atom. The van der Waals surface area contributed by atoms with Crippen LogP contribution < -0.4 is 5.73 Å². The largest absolute Gasteiger partial charge is 0.461 e. The highest BCUT2D eigenvalue weighted by molar-refractivity contribution is 5.76. The fraction of sp³-hybridized carbons (Fsp3) is 0.900.